The Morgan fingerprint density at radius 2 is 1.95 bits per heavy atom. The highest BCUT2D eigenvalue weighted by Crippen LogP contribution is 2.44. The molecule has 4 heteroatoms. The molecule has 0 heterocycles. The van der Waals surface area contributed by atoms with E-state index in [9.17, 15) is 13.9 Å². The molecule has 0 saturated carbocycles. The van der Waals surface area contributed by atoms with Crippen molar-refractivity contribution in [1.82, 2.24) is 0 Å². The molecule has 0 bridgehead atoms. The third-order valence-corrected chi connectivity index (χ3v) is 3.92. The average Bonchev–Trinajstić information content (AvgIpc) is 2.80. The SMILES string of the molecule is COc1ccc2c(c1)C(O)(c1cccc(F)c1F)CC2. The molecule has 1 atom stereocenters. The summed E-state index contributed by atoms with van der Waals surface area (Å²) in [5.41, 5.74) is -0.0152. The normalized spacial score (nSPS) is 20.8. The van der Waals surface area contributed by atoms with Crippen LogP contribution in [0.25, 0.3) is 0 Å². The Morgan fingerprint density at radius 1 is 1.15 bits per heavy atom. The first-order valence-electron chi connectivity index (χ1n) is 6.40. The van der Waals surface area contributed by atoms with Crippen molar-refractivity contribution < 1.29 is 18.6 Å². The Bertz CT molecular complexity index is 670. The molecule has 0 aromatic heterocycles. The summed E-state index contributed by atoms with van der Waals surface area (Å²) in [7, 11) is 1.53. The summed E-state index contributed by atoms with van der Waals surface area (Å²) < 4.78 is 32.6. The molecule has 2 aromatic rings. The zero-order valence-corrected chi connectivity index (χ0v) is 11.0. The predicted octanol–water partition coefficient (Wildman–Crippen LogP) is 3.16. The van der Waals surface area contributed by atoms with Gasteiger partial charge in [-0.15, -0.1) is 0 Å². The van der Waals surface area contributed by atoms with Crippen LogP contribution in [0.4, 0.5) is 8.78 Å². The summed E-state index contributed by atoms with van der Waals surface area (Å²) in [6.45, 7) is 0. The minimum Gasteiger partial charge on any atom is -0.497 e. The van der Waals surface area contributed by atoms with Crippen LogP contribution < -0.4 is 4.74 Å². The van der Waals surface area contributed by atoms with Gasteiger partial charge in [0.1, 0.15) is 11.4 Å². The fourth-order valence-electron chi connectivity index (χ4n) is 2.84. The number of aliphatic hydroxyl groups is 1. The van der Waals surface area contributed by atoms with Crippen molar-refractivity contribution >= 4 is 0 Å². The van der Waals surface area contributed by atoms with E-state index in [1.807, 2.05) is 6.07 Å². The fourth-order valence-corrected chi connectivity index (χ4v) is 2.84. The predicted molar refractivity (Wildman–Crippen MR) is 70.7 cm³/mol. The second kappa shape index (κ2) is 4.56. The largest absolute Gasteiger partial charge is 0.497 e. The summed E-state index contributed by atoms with van der Waals surface area (Å²) in [4.78, 5) is 0. The molecule has 0 radical (unpaired) electrons. The van der Waals surface area contributed by atoms with Crippen LogP contribution in [0.3, 0.4) is 0 Å². The lowest BCUT2D eigenvalue weighted by atomic mass is 9.87. The summed E-state index contributed by atoms with van der Waals surface area (Å²) in [5.74, 6) is -1.36. The van der Waals surface area contributed by atoms with Crippen LogP contribution in [-0.4, -0.2) is 12.2 Å². The Labute approximate surface area is 115 Å². The van der Waals surface area contributed by atoms with Gasteiger partial charge in [-0.1, -0.05) is 18.2 Å². The van der Waals surface area contributed by atoms with Gasteiger partial charge < -0.3 is 9.84 Å². The molecule has 104 valence electrons. The lowest BCUT2D eigenvalue weighted by Crippen LogP contribution is -2.25. The van der Waals surface area contributed by atoms with Crippen molar-refractivity contribution in [2.45, 2.75) is 18.4 Å². The minimum atomic E-state index is -1.50. The summed E-state index contributed by atoms with van der Waals surface area (Å²) in [6.07, 6.45) is 0.946. The monoisotopic (exact) mass is 276 g/mol. The third kappa shape index (κ3) is 1.79. The van der Waals surface area contributed by atoms with E-state index < -0.39 is 17.2 Å². The number of rotatable bonds is 2. The van der Waals surface area contributed by atoms with Gasteiger partial charge in [-0.2, -0.15) is 0 Å². The zero-order valence-electron chi connectivity index (χ0n) is 11.0. The van der Waals surface area contributed by atoms with Crippen LogP contribution in [0, 0.1) is 11.6 Å². The van der Waals surface area contributed by atoms with Crippen molar-refractivity contribution in [3.05, 3.63) is 64.7 Å². The first-order chi connectivity index (χ1) is 9.56. The molecule has 1 aliphatic rings. The molecule has 0 aliphatic heterocycles. The molecule has 0 spiro atoms. The van der Waals surface area contributed by atoms with Crippen LogP contribution in [0.15, 0.2) is 36.4 Å². The number of benzene rings is 2. The molecule has 0 fully saturated rings. The van der Waals surface area contributed by atoms with E-state index in [2.05, 4.69) is 0 Å². The molecule has 20 heavy (non-hydrogen) atoms. The standard InChI is InChI=1S/C16H14F2O2/c1-20-11-6-5-10-7-8-16(19,13(10)9-11)12-3-2-4-14(17)15(12)18/h2-6,9,19H,7-8H2,1H3. The number of hydrogen-bond donors (Lipinski definition) is 1. The van der Waals surface area contributed by atoms with Crippen molar-refractivity contribution in [3.8, 4) is 5.75 Å². The second-order valence-electron chi connectivity index (χ2n) is 4.98. The van der Waals surface area contributed by atoms with Crippen LogP contribution in [-0.2, 0) is 12.0 Å². The van der Waals surface area contributed by atoms with E-state index in [1.165, 1.54) is 19.2 Å². The summed E-state index contributed by atoms with van der Waals surface area (Å²) in [6, 6.07) is 9.21. The maximum Gasteiger partial charge on any atom is 0.165 e. The van der Waals surface area contributed by atoms with Crippen molar-refractivity contribution in [3.63, 3.8) is 0 Å². The molecular formula is C16H14F2O2. The number of ether oxygens (including phenoxy) is 1. The van der Waals surface area contributed by atoms with E-state index in [-0.39, 0.29) is 5.56 Å². The van der Waals surface area contributed by atoms with Crippen LogP contribution in [0.5, 0.6) is 5.75 Å². The number of methoxy groups -OCH3 is 1. The highest BCUT2D eigenvalue weighted by molar-refractivity contribution is 5.48. The Hall–Kier alpha value is -1.94. The van der Waals surface area contributed by atoms with E-state index in [1.54, 1.807) is 12.1 Å². The molecule has 2 nitrogen and oxygen atoms in total. The van der Waals surface area contributed by atoms with Crippen molar-refractivity contribution in [1.29, 1.82) is 0 Å². The van der Waals surface area contributed by atoms with Gasteiger partial charge >= 0.3 is 0 Å². The van der Waals surface area contributed by atoms with Gasteiger partial charge in [0.2, 0.25) is 0 Å². The summed E-state index contributed by atoms with van der Waals surface area (Å²) in [5, 5.41) is 10.9. The number of hydrogen-bond acceptors (Lipinski definition) is 2. The highest BCUT2D eigenvalue weighted by atomic mass is 19.2. The van der Waals surface area contributed by atoms with Crippen molar-refractivity contribution in [2.75, 3.05) is 7.11 Å². The molecular weight excluding hydrogens is 262 g/mol. The van der Waals surface area contributed by atoms with Crippen LogP contribution >= 0.6 is 0 Å². The maximum absolute atomic E-state index is 14.0. The van der Waals surface area contributed by atoms with Gasteiger partial charge in [0.25, 0.3) is 0 Å². The minimum absolute atomic E-state index is 0.0236. The number of halogens is 2. The zero-order chi connectivity index (χ0) is 14.3. The van der Waals surface area contributed by atoms with Gasteiger partial charge in [-0.3, -0.25) is 0 Å². The van der Waals surface area contributed by atoms with E-state index >= 15 is 0 Å². The van der Waals surface area contributed by atoms with E-state index in [4.69, 9.17) is 4.74 Å². The molecule has 1 unspecified atom stereocenters. The van der Waals surface area contributed by atoms with Crippen LogP contribution in [0.1, 0.15) is 23.1 Å². The first-order valence-corrected chi connectivity index (χ1v) is 6.40. The molecule has 0 amide bonds. The lowest BCUT2D eigenvalue weighted by molar-refractivity contribution is 0.0778. The molecule has 2 aromatic carbocycles. The molecule has 3 rings (SSSR count). The van der Waals surface area contributed by atoms with Gasteiger partial charge in [0.15, 0.2) is 11.6 Å². The molecule has 1 aliphatic carbocycles. The van der Waals surface area contributed by atoms with Crippen molar-refractivity contribution in [2.24, 2.45) is 0 Å². The van der Waals surface area contributed by atoms with Gasteiger partial charge in [0, 0.05) is 5.56 Å². The van der Waals surface area contributed by atoms with Gasteiger partial charge in [-0.25, -0.2) is 8.78 Å². The van der Waals surface area contributed by atoms with Gasteiger partial charge in [0.05, 0.1) is 7.11 Å². The first kappa shape index (κ1) is 13.1. The number of aryl methyl sites for hydroxylation is 1. The lowest BCUT2D eigenvalue weighted by Gasteiger charge is -2.25. The summed E-state index contributed by atoms with van der Waals surface area (Å²) >= 11 is 0. The highest BCUT2D eigenvalue weighted by Gasteiger charge is 2.41. The Morgan fingerprint density at radius 3 is 2.70 bits per heavy atom. The van der Waals surface area contributed by atoms with E-state index in [0.29, 0.717) is 24.2 Å². The topological polar surface area (TPSA) is 29.5 Å². The number of fused-ring (bicyclic) bond motifs is 1. The van der Waals surface area contributed by atoms with Gasteiger partial charge in [-0.05, 0) is 42.2 Å². The Kier molecular flexibility index (Phi) is 2.98. The quantitative estimate of drug-likeness (QED) is 0.913. The fraction of sp³-hybridized carbons (Fsp3) is 0.250. The molecule has 1 N–H and O–H groups in total. The maximum atomic E-state index is 14.0. The van der Waals surface area contributed by atoms with E-state index in [0.717, 1.165) is 11.6 Å². The van der Waals surface area contributed by atoms with Crippen LogP contribution in [0.2, 0.25) is 0 Å². The second-order valence-corrected chi connectivity index (χ2v) is 4.98. The third-order valence-electron chi connectivity index (χ3n) is 3.92. The Balaban J connectivity index is 2.19. The smallest absolute Gasteiger partial charge is 0.165 e. The molecule has 0 saturated heterocycles. The average molecular weight is 276 g/mol.